The van der Waals surface area contributed by atoms with Crippen LogP contribution in [0.1, 0.15) is 63.3 Å². The molecule has 0 amide bonds. The fraction of sp³-hybridized carbons (Fsp3) is 0.632. The largest absolute Gasteiger partial charge is 0.480 e. The highest BCUT2D eigenvalue weighted by Crippen LogP contribution is 2.25. The highest BCUT2D eigenvalue weighted by atomic mass is 16.5. The summed E-state index contributed by atoms with van der Waals surface area (Å²) in [6.45, 7) is 9.90. The van der Waals surface area contributed by atoms with Crippen LogP contribution in [0.4, 0.5) is 0 Å². The van der Waals surface area contributed by atoms with Gasteiger partial charge in [-0.25, -0.2) is 0 Å². The summed E-state index contributed by atoms with van der Waals surface area (Å²) < 4.78 is 5.46. The second-order valence-corrected chi connectivity index (χ2v) is 7.71. The first-order valence-electron chi connectivity index (χ1n) is 8.44. The van der Waals surface area contributed by atoms with Crippen LogP contribution in [0, 0.1) is 5.41 Å². The number of fused-ring (bicyclic) bond motifs is 1. The van der Waals surface area contributed by atoms with E-state index in [1.165, 1.54) is 11.1 Å². The van der Waals surface area contributed by atoms with Crippen LogP contribution >= 0.6 is 0 Å². The summed E-state index contributed by atoms with van der Waals surface area (Å²) in [5.41, 5.74) is 3.86. The van der Waals surface area contributed by atoms with Crippen LogP contribution in [0.2, 0.25) is 0 Å². The van der Waals surface area contributed by atoms with E-state index in [1.807, 2.05) is 6.92 Å². The summed E-state index contributed by atoms with van der Waals surface area (Å²) in [6, 6.07) is 5.88. The van der Waals surface area contributed by atoms with Crippen molar-refractivity contribution < 1.29 is 14.6 Å². The average Bonchev–Trinajstić information content (AvgIpc) is 2.49. The fourth-order valence-corrected chi connectivity index (χ4v) is 2.91. The molecule has 0 fully saturated rings. The molecular formula is C19H29NO3. The molecule has 0 saturated carbocycles. The van der Waals surface area contributed by atoms with Crippen LogP contribution in [-0.2, 0) is 22.6 Å². The van der Waals surface area contributed by atoms with Crippen molar-refractivity contribution in [1.29, 1.82) is 0 Å². The number of aliphatic carboxylic acids is 1. The molecule has 1 aromatic rings. The van der Waals surface area contributed by atoms with Crippen molar-refractivity contribution in [2.75, 3.05) is 6.61 Å². The molecule has 23 heavy (non-hydrogen) atoms. The van der Waals surface area contributed by atoms with Crippen molar-refractivity contribution in [2.45, 2.75) is 65.6 Å². The van der Waals surface area contributed by atoms with Crippen LogP contribution in [0.25, 0.3) is 0 Å². The van der Waals surface area contributed by atoms with Crippen molar-refractivity contribution in [1.82, 2.24) is 5.32 Å². The Kier molecular flexibility index (Phi) is 5.82. The number of rotatable bonds is 6. The Bertz CT molecular complexity index is 548. The van der Waals surface area contributed by atoms with E-state index in [9.17, 15) is 9.90 Å². The van der Waals surface area contributed by atoms with Gasteiger partial charge in [-0.05, 0) is 48.3 Å². The van der Waals surface area contributed by atoms with Crippen molar-refractivity contribution in [2.24, 2.45) is 5.41 Å². The Morgan fingerprint density at radius 1 is 1.35 bits per heavy atom. The van der Waals surface area contributed by atoms with Gasteiger partial charge in [-0.1, -0.05) is 39.0 Å². The minimum absolute atomic E-state index is 0.0178. The van der Waals surface area contributed by atoms with Gasteiger partial charge in [0.2, 0.25) is 0 Å². The summed E-state index contributed by atoms with van der Waals surface area (Å²) >= 11 is 0. The Morgan fingerprint density at radius 2 is 2.09 bits per heavy atom. The molecule has 1 heterocycles. The molecular weight excluding hydrogens is 290 g/mol. The molecule has 1 aliphatic heterocycles. The third-order valence-electron chi connectivity index (χ3n) is 4.44. The van der Waals surface area contributed by atoms with E-state index >= 15 is 0 Å². The summed E-state index contributed by atoms with van der Waals surface area (Å²) in [5.74, 6) is -0.771. The Morgan fingerprint density at radius 3 is 2.74 bits per heavy atom. The second kappa shape index (κ2) is 7.45. The number of carboxylic acid groups (broad SMARTS) is 1. The Hall–Kier alpha value is -1.39. The Labute approximate surface area is 139 Å². The number of ether oxygens (including phenoxy) is 1. The molecule has 4 heteroatoms. The monoisotopic (exact) mass is 319 g/mol. The van der Waals surface area contributed by atoms with Gasteiger partial charge >= 0.3 is 5.97 Å². The third-order valence-corrected chi connectivity index (χ3v) is 4.44. The van der Waals surface area contributed by atoms with E-state index < -0.39 is 12.0 Å². The molecule has 2 N–H and O–H groups in total. The lowest BCUT2D eigenvalue weighted by Gasteiger charge is -2.25. The van der Waals surface area contributed by atoms with Gasteiger partial charge in [0.05, 0.1) is 13.2 Å². The van der Waals surface area contributed by atoms with Crippen LogP contribution in [0.3, 0.4) is 0 Å². The first-order valence-corrected chi connectivity index (χ1v) is 8.44. The van der Waals surface area contributed by atoms with Gasteiger partial charge in [0, 0.05) is 6.04 Å². The number of hydrogen-bond acceptors (Lipinski definition) is 3. The normalized spacial score (nSPS) is 17.4. The first kappa shape index (κ1) is 18.0. The quantitative estimate of drug-likeness (QED) is 0.839. The molecule has 2 rings (SSSR count). The SMILES string of the molecule is CC(NC(CCC(C)(C)C)C(=O)O)c1ccc2c(c1)CCOC2. The maximum absolute atomic E-state index is 11.5. The van der Waals surface area contributed by atoms with E-state index in [0.29, 0.717) is 13.0 Å². The van der Waals surface area contributed by atoms with Gasteiger partial charge < -0.3 is 9.84 Å². The first-order chi connectivity index (χ1) is 10.8. The summed E-state index contributed by atoms with van der Waals surface area (Å²) in [5, 5.41) is 12.8. The lowest BCUT2D eigenvalue weighted by molar-refractivity contribution is -0.140. The highest BCUT2D eigenvalue weighted by molar-refractivity contribution is 5.73. The van der Waals surface area contributed by atoms with Gasteiger partial charge in [-0.3, -0.25) is 10.1 Å². The molecule has 128 valence electrons. The summed E-state index contributed by atoms with van der Waals surface area (Å²) in [4.78, 5) is 11.5. The number of nitrogens with one attached hydrogen (secondary N) is 1. The van der Waals surface area contributed by atoms with E-state index in [4.69, 9.17) is 4.74 Å². The zero-order chi connectivity index (χ0) is 17.0. The topological polar surface area (TPSA) is 58.6 Å². The highest BCUT2D eigenvalue weighted by Gasteiger charge is 2.23. The molecule has 2 unspecified atom stereocenters. The van der Waals surface area contributed by atoms with Crippen LogP contribution < -0.4 is 5.32 Å². The lowest BCUT2D eigenvalue weighted by atomic mass is 9.88. The van der Waals surface area contributed by atoms with E-state index in [1.54, 1.807) is 0 Å². The number of benzene rings is 1. The molecule has 0 aromatic heterocycles. The zero-order valence-corrected chi connectivity index (χ0v) is 14.7. The number of carboxylic acids is 1. The molecule has 0 aliphatic carbocycles. The molecule has 1 aliphatic rings. The van der Waals surface area contributed by atoms with Crippen LogP contribution in [0.15, 0.2) is 18.2 Å². The summed E-state index contributed by atoms with van der Waals surface area (Å²) in [6.07, 6.45) is 2.45. The third kappa shape index (κ3) is 5.33. The van der Waals surface area contributed by atoms with Gasteiger partial charge in [0.1, 0.15) is 6.04 Å². The van der Waals surface area contributed by atoms with Gasteiger partial charge in [0.25, 0.3) is 0 Å². The van der Waals surface area contributed by atoms with Gasteiger partial charge in [0.15, 0.2) is 0 Å². The molecule has 4 nitrogen and oxygen atoms in total. The Balaban J connectivity index is 2.03. The maximum Gasteiger partial charge on any atom is 0.320 e. The number of hydrogen-bond donors (Lipinski definition) is 2. The maximum atomic E-state index is 11.5. The predicted molar refractivity (Wildman–Crippen MR) is 91.5 cm³/mol. The predicted octanol–water partition coefficient (Wildman–Crippen LogP) is 3.69. The van der Waals surface area contributed by atoms with Gasteiger partial charge in [-0.15, -0.1) is 0 Å². The average molecular weight is 319 g/mol. The van der Waals surface area contributed by atoms with Crippen LogP contribution in [-0.4, -0.2) is 23.7 Å². The van der Waals surface area contributed by atoms with Gasteiger partial charge in [-0.2, -0.15) is 0 Å². The minimum Gasteiger partial charge on any atom is -0.480 e. The molecule has 0 saturated heterocycles. The van der Waals surface area contributed by atoms with Crippen molar-refractivity contribution in [3.8, 4) is 0 Å². The zero-order valence-electron chi connectivity index (χ0n) is 14.7. The lowest BCUT2D eigenvalue weighted by Crippen LogP contribution is -2.39. The van der Waals surface area contributed by atoms with E-state index in [0.717, 1.165) is 25.0 Å². The fourth-order valence-electron chi connectivity index (χ4n) is 2.91. The molecule has 0 spiro atoms. The smallest absolute Gasteiger partial charge is 0.320 e. The van der Waals surface area contributed by atoms with E-state index in [-0.39, 0.29) is 11.5 Å². The van der Waals surface area contributed by atoms with Crippen molar-refractivity contribution in [3.63, 3.8) is 0 Å². The summed E-state index contributed by atoms with van der Waals surface area (Å²) in [7, 11) is 0. The standard InChI is InChI=1S/C19H29NO3/c1-13(20-17(18(21)22)7-9-19(2,3)4)14-5-6-16-12-23-10-8-15(16)11-14/h5-6,11,13,17,20H,7-10,12H2,1-4H3,(H,21,22). The van der Waals surface area contributed by atoms with Crippen molar-refractivity contribution in [3.05, 3.63) is 34.9 Å². The number of carbonyl (C=O) groups is 1. The molecule has 0 bridgehead atoms. The van der Waals surface area contributed by atoms with Crippen LogP contribution in [0.5, 0.6) is 0 Å². The molecule has 2 atom stereocenters. The second-order valence-electron chi connectivity index (χ2n) is 7.71. The minimum atomic E-state index is -0.771. The van der Waals surface area contributed by atoms with Crippen molar-refractivity contribution >= 4 is 5.97 Å². The molecule has 1 aromatic carbocycles. The van der Waals surface area contributed by atoms with E-state index in [2.05, 4.69) is 44.3 Å². The molecule has 0 radical (unpaired) electrons.